The van der Waals surface area contributed by atoms with Crippen molar-refractivity contribution in [3.8, 4) is 0 Å². The highest BCUT2D eigenvalue weighted by Crippen LogP contribution is 2.31. The van der Waals surface area contributed by atoms with Crippen molar-refractivity contribution in [3.05, 3.63) is 29.2 Å². The van der Waals surface area contributed by atoms with Crippen LogP contribution in [0.15, 0.2) is 12.1 Å². The molecule has 0 unspecified atom stereocenters. The van der Waals surface area contributed by atoms with Crippen LogP contribution < -0.4 is 0 Å². The van der Waals surface area contributed by atoms with Gasteiger partial charge < -0.3 is 0 Å². The van der Waals surface area contributed by atoms with Crippen molar-refractivity contribution in [3.63, 3.8) is 0 Å². The molecule has 0 aliphatic rings. The topological polar surface area (TPSA) is 28.7 Å². The SMILES string of the molecule is Cc1[nH]nc2c(C(C)(C)C)c(F)ccc12. The van der Waals surface area contributed by atoms with Gasteiger partial charge in [0.25, 0.3) is 0 Å². The van der Waals surface area contributed by atoms with Gasteiger partial charge in [0.05, 0.1) is 5.52 Å². The number of aromatic nitrogens is 2. The Bertz CT molecular complexity index is 506. The molecule has 0 saturated carbocycles. The molecule has 0 bridgehead atoms. The molecule has 15 heavy (non-hydrogen) atoms. The lowest BCUT2D eigenvalue weighted by molar-refractivity contribution is 0.527. The van der Waals surface area contributed by atoms with Crippen molar-refractivity contribution in [1.29, 1.82) is 0 Å². The fourth-order valence-corrected chi connectivity index (χ4v) is 1.90. The first-order valence-corrected chi connectivity index (χ1v) is 5.05. The summed E-state index contributed by atoms with van der Waals surface area (Å²) in [6, 6.07) is 3.30. The summed E-state index contributed by atoms with van der Waals surface area (Å²) in [5, 5.41) is 8.08. The molecule has 80 valence electrons. The highest BCUT2D eigenvalue weighted by Gasteiger charge is 2.23. The summed E-state index contributed by atoms with van der Waals surface area (Å²) in [5.41, 5.74) is 2.19. The van der Waals surface area contributed by atoms with E-state index in [2.05, 4.69) is 10.2 Å². The van der Waals surface area contributed by atoms with E-state index in [4.69, 9.17) is 0 Å². The molecular formula is C12H15FN2. The van der Waals surface area contributed by atoms with Gasteiger partial charge >= 0.3 is 0 Å². The van der Waals surface area contributed by atoms with Crippen molar-refractivity contribution in [2.24, 2.45) is 0 Å². The molecule has 2 nitrogen and oxygen atoms in total. The Hall–Kier alpha value is -1.38. The number of rotatable bonds is 0. The number of H-pyrrole nitrogens is 1. The third kappa shape index (κ3) is 1.52. The van der Waals surface area contributed by atoms with Gasteiger partial charge in [-0.05, 0) is 24.5 Å². The predicted octanol–water partition coefficient (Wildman–Crippen LogP) is 3.31. The van der Waals surface area contributed by atoms with Gasteiger partial charge in [0.1, 0.15) is 5.82 Å². The maximum absolute atomic E-state index is 13.8. The van der Waals surface area contributed by atoms with E-state index in [1.165, 1.54) is 6.07 Å². The van der Waals surface area contributed by atoms with Crippen LogP contribution in [0, 0.1) is 12.7 Å². The first-order chi connectivity index (χ1) is 6.91. The van der Waals surface area contributed by atoms with E-state index in [0.717, 1.165) is 16.6 Å². The maximum atomic E-state index is 13.8. The number of nitrogens with one attached hydrogen (secondary N) is 1. The van der Waals surface area contributed by atoms with E-state index in [1.807, 2.05) is 27.7 Å². The number of hydrogen-bond donors (Lipinski definition) is 1. The zero-order valence-electron chi connectivity index (χ0n) is 9.48. The average molecular weight is 206 g/mol. The zero-order valence-corrected chi connectivity index (χ0v) is 9.48. The van der Waals surface area contributed by atoms with E-state index in [0.29, 0.717) is 5.56 Å². The predicted molar refractivity (Wildman–Crippen MR) is 59.5 cm³/mol. The number of aromatic amines is 1. The number of aryl methyl sites for hydroxylation is 1. The van der Waals surface area contributed by atoms with E-state index in [1.54, 1.807) is 6.07 Å². The Morgan fingerprint density at radius 1 is 1.27 bits per heavy atom. The molecule has 0 spiro atoms. The van der Waals surface area contributed by atoms with E-state index in [-0.39, 0.29) is 11.2 Å². The summed E-state index contributed by atoms with van der Waals surface area (Å²) < 4.78 is 13.8. The molecule has 0 fully saturated rings. The van der Waals surface area contributed by atoms with Crippen molar-refractivity contribution in [1.82, 2.24) is 10.2 Å². The second-order valence-electron chi connectivity index (χ2n) is 4.92. The standard InChI is InChI=1S/C12H15FN2/c1-7-8-5-6-9(13)10(12(2,3)4)11(8)15-14-7/h5-6H,1-4H3,(H,14,15). The number of fused-ring (bicyclic) bond motifs is 1. The summed E-state index contributed by atoms with van der Waals surface area (Å²) >= 11 is 0. The van der Waals surface area contributed by atoms with Crippen LogP contribution in [0.5, 0.6) is 0 Å². The molecule has 0 amide bonds. The van der Waals surface area contributed by atoms with Gasteiger partial charge in [0.15, 0.2) is 0 Å². The quantitative estimate of drug-likeness (QED) is 0.703. The van der Waals surface area contributed by atoms with Crippen LogP contribution in [0.4, 0.5) is 4.39 Å². The van der Waals surface area contributed by atoms with Gasteiger partial charge in [-0.2, -0.15) is 5.10 Å². The Morgan fingerprint density at radius 3 is 2.53 bits per heavy atom. The van der Waals surface area contributed by atoms with Crippen LogP contribution in [0.1, 0.15) is 32.0 Å². The minimum atomic E-state index is -0.231. The average Bonchev–Trinajstić information content (AvgIpc) is 2.45. The van der Waals surface area contributed by atoms with Gasteiger partial charge in [0, 0.05) is 16.6 Å². The zero-order chi connectivity index (χ0) is 11.2. The Kier molecular flexibility index (Phi) is 2.07. The first kappa shape index (κ1) is 10.1. The molecule has 1 aromatic carbocycles. The normalized spacial score (nSPS) is 12.3. The smallest absolute Gasteiger partial charge is 0.129 e. The second-order valence-corrected chi connectivity index (χ2v) is 4.92. The van der Waals surface area contributed by atoms with E-state index < -0.39 is 0 Å². The minimum absolute atomic E-state index is 0.179. The van der Waals surface area contributed by atoms with Crippen LogP contribution in [-0.2, 0) is 5.41 Å². The van der Waals surface area contributed by atoms with Gasteiger partial charge in [-0.15, -0.1) is 0 Å². The molecular weight excluding hydrogens is 191 g/mol. The lowest BCUT2D eigenvalue weighted by Gasteiger charge is -2.20. The third-order valence-electron chi connectivity index (χ3n) is 2.62. The highest BCUT2D eigenvalue weighted by atomic mass is 19.1. The summed E-state index contributed by atoms with van der Waals surface area (Å²) in [5.74, 6) is -0.179. The van der Waals surface area contributed by atoms with Crippen LogP contribution >= 0.6 is 0 Å². The number of hydrogen-bond acceptors (Lipinski definition) is 1. The molecule has 1 aromatic heterocycles. The first-order valence-electron chi connectivity index (χ1n) is 5.05. The van der Waals surface area contributed by atoms with Crippen molar-refractivity contribution in [2.45, 2.75) is 33.1 Å². The van der Waals surface area contributed by atoms with Crippen LogP contribution in [0.25, 0.3) is 10.9 Å². The van der Waals surface area contributed by atoms with Gasteiger partial charge in [-0.25, -0.2) is 4.39 Å². The van der Waals surface area contributed by atoms with E-state index >= 15 is 0 Å². The van der Waals surface area contributed by atoms with Crippen LogP contribution in [0.3, 0.4) is 0 Å². The molecule has 2 rings (SSSR count). The molecule has 3 heteroatoms. The Balaban J connectivity index is 2.87. The summed E-state index contributed by atoms with van der Waals surface area (Å²) in [4.78, 5) is 0. The Morgan fingerprint density at radius 2 is 1.93 bits per heavy atom. The van der Waals surface area contributed by atoms with E-state index in [9.17, 15) is 4.39 Å². The summed E-state index contributed by atoms with van der Waals surface area (Å²) in [6.45, 7) is 7.93. The fraction of sp³-hybridized carbons (Fsp3) is 0.417. The molecule has 0 aliphatic heterocycles. The summed E-state index contributed by atoms with van der Waals surface area (Å²) in [6.07, 6.45) is 0. The molecule has 0 saturated heterocycles. The molecule has 1 N–H and O–H groups in total. The monoisotopic (exact) mass is 206 g/mol. The number of halogens is 1. The Labute approximate surface area is 88.5 Å². The van der Waals surface area contributed by atoms with Gasteiger partial charge in [-0.3, -0.25) is 5.10 Å². The molecule has 2 aromatic rings. The third-order valence-corrected chi connectivity index (χ3v) is 2.62. The van der Waals surface area contributed by atoms with Crippen molar-refractivity contribution < 1.29 is 4.39 Å². The minimum Gasteiger partial charge on any atom is -0.282 e. The largest absolute Gasteiger partial charge is 0.282 e. The second kappa shape index (κ2) is 3.05. The van der Waals surface area contributed by atoms with Crippen LogP contribution in [0.2, 0.25) is 0 Å². The van der Waals surface area contributed by atoms with Gasteiger partial charge in [0.2, 0.25) is 0 Å². The lowest BCUT2D eigenvalue weighted by Crippen LogP contribution is -2.14. The van der Waals surface area contributed by atoms with Gasteiger partial charge in [-0.1, -0.05) is 20.8 Å². The number of nitrogens with zero attached hydrogens (tertiary/aromatic N) is 1. The van der Waals surface area contributed by atoms with Crippen molar-refractivity contribution >= 4 is 10.9 Å². The molecule has 0 atom stereocenters. The summed E-state index contributed by atoms with van der Waals surface area (Å²) in [7, 11) is 0. The maximum Gasteiger partial charge on any atom is 0.129 e. The molecule has 1 heterocycles. The highest BCUT2D eigenvalue weighted by molar-refractivity contribution is 5.85. The lowest BCUT2D eigenvalue weighted by atomic mass is 9.85. The molecule has 0 aliphatic carbocycles. The number of benzene rings is 1. The molecule has 0 radical (unpaired) electrons. The van der Waals surface area contributed by atoms with Crippen molar-refractivity contribution in [2.75, 3.05) is 0 Å². The van der Waals surface area contributed by atoms with Crippen LogP contribution in [-0.4, -0.2) is 10.2 Å². The fourth-order valence-electron chi connectivity index (χ4n) is 1.90.